The van der Waals surface area contributed by atoms with E-state index in [9.17, 15) is 9.59 Å². The van der Waals surface area contributed by atoms with Crippen LogP contribution in [-0.2, 0) is 22.4 Å². The maximum absolute atomic E-state index is 12.5. The van der Waals surface area contributed by atoms with E-state index in [-0.39, 0.29) is 11.8 Å². The lowest BCUT2D eigenvalue weighted by molar-refractivity contribution is -0.117. The highest BCUT2D eigenvalue weighted by Gasteiger charge is 2.32. The minimum absolute atomic E-state index is 0.0428. The van der Waals surface area contributed by atoms with E-state index in [4.69, 9.17) is 4.74 Å². The topological polar surface area (TPSA) is 61.9 Å². The Labute approximate surface area is 141 Å². The first-order valence-electron chi connectivity index (χ1n) is 8.77. The normalized spacial score (nSPS) is 20.2. The van der Waals surface area contributed by atoms with E-state index < -0.39 is 0 Å². The van der Waals surface area contributed by atoms with Crippen molar-refractivity contribution in [3.63, 3.8) is 0 Å². The van der Waals surface area contributed by atoms with E-state index in [1.165, 1.54) is 0 Å². The summed E-state index contributed by atoms with van der Waals surface area (Å²) in [5.74, 6) is 0.120. The Kier molecular flexibility index (Phi) is 4.24. The Bertz CT molecular complexity index is 668. The van der Waals surface area contributed by atoms with Crippen LogP contribution >= 0.6 is 0 Å². The first-order valence-corrected chi connectivity index (χ1v) is 8.77. The molecule has 0 saturated carbocycles. The minimum Gasteiger partial charge on any atom is -0.379 e. The maximum atomic E-state index is 12.5. The lowest BCUT2D eigenvalue weighted by Crippen LogP contribution is -2.41. The Morgan fingerprint density at radius 1 is 1.17 bits per heavy atom. The standard InChI is InChI=1S/C18H23N3O3/c22-16-12-14-11-15(10-13-2-1-4-21(16)17(13)14)18(23)19-3-5-20-6-8-24-9-7-20/h10-11H,1-9,12H2,(H,19,23). The van der Waals surface area contributed by atoms with Gasteiger partial charge >= 0.3 is 0 Å². The summed E-state index contributed by atoms with van der Waals surface area (Å²) in [5.41, 5.74) is 3.90. The SMILES string of the molecule is O=C(NCCN1CCOCC1)c1cc2c3c(c1)CC(=O)N3CCC2. The number of anilines is 1. The van der Waals surface area contributed by atoms with Gasteiger partial charge in [0.05, 0.1) is 25.3 Å². The van der Waals surface area contributed by atoms with Crippen molar-refractivity contribution in [2.24, 2.45) is 0 Å². The van der Waals surface area contributed by atoms with Crippen LogP contribution in [0, 0.1) is 0 Å². The monoisotopic (exact) mass is 329 g/mol. The van der Waals surface area contributed by atoms with Crippen molar-refractivity contribution in [1.82, 2.24) is 10.2 Å². The van der Waals surface area contributed by atoms with Crippen molar-refractivity contribution >= 4 is 17.5 Å². The van der Waals surface area contributed by atoms with Crippen molar-refractivity contribution in [2.45, 2.75) is 19.3 Å². The van der Waals surface area contributed by atoms with Gasteiger partial charge in [-0.1, -0.05) is 0 Å². The number of carbonyl (C=O) groups is 2. The molecule has 1 saturated heterocycles. The van der Waals surface area contributed by atoms with Crippen molar-refractivity contribution in [2.75, 3.05) is 50.8 Å². The Morgan fingerprint density at radius 3 is 2.79 bits per heavy atom. The van der Waals surface area contributed by atoms with Crippen LogP contribution in [0.2, 0.25) is 0 Å². The van der Waals surface area contributed by atoms with Crippen LogP contribution in [0.4, 0.5) is 5.69 Å². The molecule has 0 unspecified atom stereocenters. The second-order valence-corrected chi connectivity index (χ2v) is 6.68. The molecule has 0 radical (unpaired) electrons. The molecule has 1 fully saturated rings. The number of rotatable bonds is 4. The number of ether oxygens (including phenoxy) is 1. The fraction of sp³-hybridized carbons (Fsp3) is 0.556. The first kappa shape index (κ1) is 15.6. The highest BCUT2D eigenvalue weighted by Crippen LogP contribution is 2.37. The molecule has 6 heteroatoms. The molecule has 1 aromatic carbocycles. The Morgan fingerprint density at radius 2 is 1.96 bits per heavy atom. The summed E-state index contributed by atoms with van der Waals surface area (Å²) in [5, 5.41) is 3.01. The van der Waals surface area contributed by atoms with E-state index in [1.54, 1.807) is 0 Å². The van der Waals surface area contributed by atoms with Gasteiger partial charge in [-0.25, -0.2) is 0 Å². The number of nitrogens with one attached hydrogen (secondary N) is 1. The van der Waals surface area contributed by atoms with E-state index in [0.717, 1.165) is 69.0 Å². The van der Waals surface area contributed by atoms with E-state index in [2.05, 4.69) is 10.2 Å². The van der Waals surface area contributed by atoms with Gasteiger partial charge in [-0.2, -0.15) is 0 Å². The van der Waals surface area contributed by atoms with Crippen LogP contribution in [0.25, 0.3) is 0 Å². The molecule has 1 N–H and O–H groups in total. The van der Waals surface area contributed by atoms with E-state index in [0.29, 0.717) is 18.5 Å². The molecule has 3 aliphatic rings. The molecule has 1 aromatic rings. The number of morpholine rings is 1. The molecule has 0 spiro atoms. The van der Waals surface area contributed by atoms with Crippen LogP contribution in [0.5, 0.6) is 0 Å². The smallest absolute Gasteiger partial charge is 0.251 e. The number of hydrogen-bond acceptors (Lipinski definition) is 4. The molecule has 0 aromatic heterocycles. The molecule has 128 valence electrons. The van der Waals surface area contributed by atoms with Gasteiger partial charge in [0.25, 0.3) is 5.91 Å². The predicted octanol–water partition coefficient (Wildman–Crippen LogP) is 0.584. The zero-order valence-electron chi connectivity index (χ0n) is 13.8. The van der Waals surface area contributed by atoms with Crippen molar-refractivity contribution in [1.29, 1.82) is 0 Å². The van der Waals surface area contributed by atoms with Crippen LogP contribution < -0.4 is 10.2 Å². The summed E-state index contributed by atoms with van der Waals surface area (Å²) in [4.78, 5) is 28.8. The van der Waals surface area contributed by atoms with Crippen LogP contribution in [0.3, 0.4) is 0 Å². The van der Waals surface area contributed by atoms with Crippen LogP contribution in [0.1, 0.15) is 27.9 Å². The quantitative estimate of drug-likeness (QED) is 0.878. The number of aryl methyl sites for hydroxylation is 1. The molecule has 6 nitrogen and oxygen atoms in total. The number of benzene rings is 1. The van der Waals surface area contributed by atoms with Crippen LogP contribution in [-0.4, -0.2) is 62.7 Å². The molecular formula is C18H23N3O3. The number of amides is 2. The zero-order chi connectivity index (χ0) is 16.5. The summed E-state index contributed by atoms with van der Waals surface area (Å²) in [6, 6.07) is 3.86. The minimum atomic E-state index is -0.0428. The van der Waals surface area contributed by atoms with Gasteiger partial charge in [0.2, 0.25) is 5.91 Å². The highest BCUT2D eigenvalue weighted by molar-refractivity contribution is 6.04. The van der Waals surface area contributed by atoms with Crippen molar-refractivity contribution in [3.05, 3.63) is 28.8 Å². The lowest BCUT2D eigenvalue weighted by atomic mass is 9.96. The summed E-state index contributed by atoms with van der Waals surface area (Å²) in [6.07, 6.45) is 2.35. The van der Waals surface area contributed by atoms with Gasteiger partial charge in [0, 0.05) is 38.3 Å². The van der Waals surface area contributed by atoms with Crippen LogP contribution in [0.15, 0.2) is 12.1 Å². The molecule has 2 amide bonds. The summed E-state index contributed by atoms with van der Waals surface area (Å²) >= 11 is 0. The third kappa shape index (κ3) is 2.91. The van der Waals surface area contributed by atoms with Gasteiger partial charge in [-0.15, -0.1) is 0 Å². The van der Waals surface area contributed by atoms with Gasteiger partial charge in [0.15, 0.2) is 0 Å². The highest BCUT2D eigenvalue weighted by atomic mass is 16.5. The van der Waals surface area contributed by atoms with Gasteiger partial charge in [-0.05, 0) is 36.1 Å². The molecule has 24 heavy (non-hydrogen) atoms. The molecule has 3 aliphatic heterocycles. The average Bonchev–Trinajstić information content (AvgIpc) is 2.93. The maximum Gasteiger partial charge on any atom is 0.251 e. The van der Waals surface area contributed by atoms with Gasteiger partial charge in [-0.3, -0.25) is 14.5 Å². The zero-order valence-corrected chi connectivity index (χ0v) is 13.8. The second kappa shape index (κ2) is 6.53. The molecule has 0 aliphatic carbocycles. The molecule has 0 atom stereocenters. The van der Waals surface area contributed by atoms with Gasteiger partial charge in [0.1, 0.15) is 0 Å². The molecular weight excluding hydrogens is 306 g/mol. The molecule has 4 rings (SSSR count). The predicted molar refractivity (Wildman–Crippen MR) is 90.4 cm³/mol. The molecule has 3 heterocycles. The Hall–Kier alpha value is -1.92. The number of carbonyl (C=O) groups excluding carboxylic acids is 2. The first-order chi connectivity index (χ1) is 11.7. The van der Waals surface area contributed by atoms with Gasteiger partial charge < -0.3 is 15.0 Å². The Balaban J connectivity index is 1.42. The third-order valence-electron chi connectivity index (χ3n) is 5.09. The van der Waals surface area contributed by atoms with E-state index >= 15 is 0 Å². The van der Waals surface area contributed by atoms with E-state index in [1.807, 2.05) is 17.0 Å². The lowest BCUT2D eigenvalue weighted by Gasteiger charge is -2.27. The fourth-order valence-electron chi connectivity index (χ4n) is 3.86. The van der Waals surface area contributed by atoms with Crippen molar-refractivity contribution in [3.8, 4) is 0 Å². The summed E-state index contributed by atoms with van der Waals surface area (Å²) in [6.45, 7) is 5.69. The summed E-state index contributed by atoms with van der Waals surface area (Å²) < 4.78 is 5.33. The summed E-state index contributed by atoms with van der Waals surface area (Å²) in [7, 11) is 0. The number of nitrogens with zero attached hydrogens (tertiary/aromatic N) is 2. The largest absolute Gasteiger partial charge is 0.379 e. The fourth-order valence-corrected chi connectivity index (χ4v) is 3.86. The number of hydrogen-bond donors (Lipinski definition) is 1. The average molecular weight is 329 g/mol. The third-order valence-corrected chi connectivity index (χ3v) is 5.09. The second-order valence-electron chi connectivity index (χ2n) is 6.68. The molecule has 0 bridgehead atoms. The van der Waals surface area contributed by atoms with Crippen molar-refractivity contribution < 1.29 is 14.3 Å².